The number of fused-ring (bicyclic) bond motifs is 6. The van der Waals surface area contributed by atoms with Crippen LogP contribution in [0, 0.1) is 0 Å². The summed E-state index contributed by atoms with van der Waals surface area (Å²) >= 11 is 1.83. The molecule has 0 N–H and O–H groups in total. The van der Waals surface area contributed by atoms with Crippen molar-refractivity contribution in [3.05, 3.63) is 152 Å². The van der Waals surface area contributed by atoms with Crippen LogP contribution in [0.4, 0.5) is 0 Å². The minimum atomic E-state index is 0.663. The summed E-state index contributed by atoms with van der Waals surface area (Å²) in [6, 6.07) is 53.6. The van der Waals surface area contributed by atoms with E-state index in [1.54, 1.807) is 0 Å². The average molecular weight is 580 g/mol. The van der Waals surface area contributed by atoms with E-state index in [2.05, 4.69) is 150 Å². The van der Waals surface area contributed by atoms with Crippen LogP contribution in [0.1, 0.15) is 0 Å². The molecule has 44 heavy (non-hydrogen) atoms. The molecule has 0 atom stereocenters. The van der Waals surface area contributed by atoms with Crippen LogP contribution in [0.5, 0.6) is 0 Å². The third-order valence-corrected chi connectivity index (χ3v) is 9.66. The summed E-state index contributed by atoms with van der Waals surface area (Å²) in [4.78, 5) is 10.6. The zero-order chi connectivity index (χ0) is 29.0. The Kier molecular flexibility index (Phi) is 5.68. The molecule has 0 aliphatic carbocycles. The fraction of sp³-hybridized carbons (Fsp3) is 0. The standard InChI is InChI=1S/C40H25N3S/c1-3-12-26(13-4-1)28-22-23-30-29-16-7-9-20-36(29)43(37(30)24-28)40-41-34(27-14-5-2-6-15-27)25-35(42-40)33-19-11-18-32-31-17-8-10-21-38(31)44-39(32)33/h1-25H. The molecule has 3 heterocycles. The number of thiophene rings is 1. The predicted molar refractivity (Wildman–Crippen MR) is 186 cm³/mol. The summed E-state index contributed by atoms with van der Waals surface area (Å²) in [5.41, 5.74) is 8.51. The van der Waals surface area contributed by atoms with Crippen molar-refractivity contribution in [2.45, 2.75) is 0 Å². The summed E-state index contributed by atoms with van der Waals surface area (Å²) in [5.74, 6) is 0.663. The molecule has 0 aliphatic rings. The van der Waals surface area contributed by atoms with Gasteiger partial charge in [-0.3, -0.25) is 4.57 Å². The molecule has 0 radical (unpaired) electrons. The van der Waals surface area contributed by atoms with E-state index >= 15 is 0 Å². The van der Waals surface area contributed by atoms with Crippen molar-refractivity contribution < 1.29 is 0 Å². The Morgan fingerprint density at radius 3 is 1.93 bits per heavy atom. The molecule has 0 fully saturated rings. The molecule has 0 amide bonds. The Morgan fingerprint density at radius 2 is 1.09 bits per heavy atom. The number of benzene rings is 6. The van der Waals surface area contributed by atoms with Crippen LogP contribution in [0.3, 0.4) is 0 Å². The molecule has 0 aliphatic heterocycles. The van der Waals surface area contributed by atoms with Gasteiger partial charge in [0.05, 0.1) is 22.4 Å². The Bertz CT molecular complexity index is 2490. The zero-order valence-corrected chi connectivity index (χ0v) is 24.5. The van der Waals surface area contributed by atoms with Gasteiger partial charge in [0.25, 0.3) is 0 Å². The first-order chi connectivity index (χ1) is 21.8. The lowest BCUT2D eigenvalue weighted by Crippen LogP contribution is -2.04. The van der Waals surface area contributed by atoms with E-state index in [4.69, 9.17) is 9.97 Å². The van der Waals surface area contributed by atoms with Crippen LogP contribution in [-0.4, -0.2) is 14.5 Å². The highest BCUT2D eigenvalue weighted by atomic mass is 32.1. The second-order valence-electron chi connectivity index (χ2n) is 11.0. The lowest BCUT2D eigenvalue weighted by Gasteiger charge is -2.12. The van der Waals surface area contributed by atoms with Gasteiger partial charge in [0, 0.05) is 42.1 Å². The van der Waals surface area contributed by atoms with Crippen LogP contribution in [0.25, 0.3) is 81.6 Å². The van der Waals surface area contributed by atoms with Gasteiger partial charge in [0.2, 0.25) is 5.95 Å². The van der Waals surface area contributed by atoms with Gasteiger partial charge in [-0.15, -0.1) is 11.3 Å². The van der Waals surface area contributed by atoms with Crippen molar-refractivity contribution in [3.8, 4) is 39.6 Å². The number of hydrogen-bond acceptors (Lipinski definition) is 3. The number of rotatable bonds is 4. The minimum Gasteiger partial charge on any atom is -0.278 e. The molecule has 0 bridgehead atoms. The minimum absolute atomic E-state index is 0.663. The van der Waals surface area contributed by atoms with E-state index in [0.29, 0.717) is 5.95 Å². The zero-order valence-electron chi connectivity index (χ0n) is 23.7. The molecule has 9 rings (SSSR count). The molecule has 0 unspecified atom stereocenters. The normalized spacial score (nSPS) is 11.6. The van der Waals surface area contributed by atoms with E-state index in [9.17, 15) is 0 Å². The van der Waals surface area contributed by atoms with Crippen molar-refractivity contribution in [3.63, 3.8) is 0 Å². The second kappa shape index (κ2) is 10.0. The summed E-state index contributed by atoms with van der Waals surface area (Å²) in [6.07, 6.45) is 0. The van der Waals surface area contributed by atoms with Crippen molar-refractivity contribution in [2.24, 2.45) is 0 Å². The smallest absolute Gasteiger partial charge is 0.235 e. The predicted octanol–water partition coefficient (Wildman–Crippen LogP) is 10.9. The number of hydrogen-bond donors (Lipinski definition) is 0. The van der Waals surface area contributed by atoms with Crippen LogP contribution in [0.2, 0.25) is 0 Å². The van der Waals surface area contributed by atoms with Crippen LogP contribution < -0.4 is 0 Å². The topological polar surface area (TPSA) is 30.7 Å². The fourth-order valence-corrected chi connectivity index (χ4v) is 7.60. The highest BCUT2D eigenvalue weighted by molar-refractivity contribution is 7.26. The van der Waals surface area contributed by atoms with Crippen molar-refractivity contribution in [2.75, 3.05) is 0 Å². The molecular formula is C40H25N3S. The van der Waals surface area contributed by atoms with Crippen molar-refractivity contribution in [1.29, 1.82) is 0 Å². The van der Waals surface area contributed by atoms with Gasteiger partial charge in [-0.2, -0.15) is 0 Å². The van der Waals surface area contributed by atoms with Gasteiger partial charge < -0.3 is 0 Å². The molecule has 3 nitrogen and oxygen atoms in total. The van der Waals surface area contributed by atoms with Gasteiger partial charge in [-0.05, 0) is 35.4 Å². The van der Waals surface area contributed by atoms with Gasteiger partial charge in [-0.1, -0.05) is 127 Å². The molecule has 6 aromatic carbocycles. The summed E-state index contributed by atoms with van der Waals surface area (Å²) in [6.45, 7) is 0. The Morgan fingerprint density at radius 1 is 0.432 bits per heavy atom. The molecule has 0 saturated heterocycles. The molecule has 0 saturated carbocycles. The van der Waals surface area contributed by atoms with E-state index in [-0.39, 0.29) is 0 Å². The molecular weight excluding hydrogens is 555 g/mol. The SMILES string of the molecule is c1ccc(-c2ccc3c4ccccc4n(-c4nc(-c5ccccc5)cc(-c5cccc6c5sc5ccccc56)n4)c3c2)cc1. The van der Waals surface area contributed by atoms with Crippen LogP contribution in [-0.2, 0) is 0 Å². The van der Waals surface area contributed by atoms with Crippen LogP contribution in [0.15, 0.2) is 152 Å². The van der Waals surface area contributed by atoms with E-state index in [0.717, 1.165) is 39.1 Å². The molecule has 4 heteroatoms. The molecule has 9 aromatic rings. The fourth-order valence-electron chi connectivity index (χ4n) is 6.37. The highest BCUT2D eigenvalue weighted by Gasteiger charge is 2.19. The van der Waals surface area contributed by atoms with Gasteiger partial charge in [0.1, 0.15) is 0 Å². The maximum absolute atomic E-state index is 5.35. The van der Waals surface area contributed by atoms with Crippen LogP contribution >= 0.6 is 11.3 Å². The first-order valence-electron chi connectivity index (χ1n) is 14.8. The quantitative estimate of drug-likeness (QED) is 0.208. The maximum atomic E-state index is 5.35. The van der Waals surface area contributed by atoms with Gasteiger partial charge >= 0.3 is 0 Å². The monoisotopic (exact) mass is 579 g/mol. The van der Waals surface area contributed by atoms with Crippen molar-refractivity contribution in [1.82, 2.24) is 14.5 Å². The average Bonchev–Trinajstić information content (AvgIpc) is 3.64. The summed E-state index contributed by atoms with van der Waals surface area (Å²) in [7, 11) is 0. The highest BCUT2D eigenvalue weighted by Crippen LogP contribution is 2.41. The van der Waals surface area contributed by atoms with Gasteiger partial charge in [0.15, 0.2) is 0 Å². The Balaban J connectivity index is 1.36. The molecule has 0 spiro atoms. The number of nitrogens with zero attached hydrogens (tertiary/aromatic N) is 3. The second-order valence-corrected chi connectivity index (χ2v) is 12.1. The number of para-hydroxylation sites is 1. The third kappa shape index (κ3) is 3.96. The lowest BCUT2D eigenvalue weighted by molar-refractivity contribution is 0.996. The summed E-state index contributed by atoms with van der Waals surface area (Å²) < 4.78 is 4.76. The maximum Gasteiger partial charge on any atom is 0.235 e. The van der Waals surface area contributed by atoms with Crippen molar-refractivity contribution >= 4 is 53.3 Å². The number of aromatic nitrogens is 3. The van der Waals surface area contributed by atoms with E-state index in [1.807, 2.05) is 17.4 Å². The Hall–Kier alpha value is -5.58. The lowest BCUT2D eigenvalue weighted by atomic mass is 10.0. The Labute approximate surface area is 258 Å². The van der Waals surface area contributed by atoms with Gasteiger partial charge in [-0.25, -0.2) is 9.97 Å². The third-order valence-electron chi connectivity index (χ3n) is 8.45. The first kappa shape index (κ1) is 25.0. The molecule has 3 aromatic heterocycles. The van der Waals surface area contributed by atoms with E-state index < -0.39 is 0 Å². The van der Waals surface area contributed by atoms with E-state index in [1.165, 1.54) is 36.5 Å². The molecule has 206 valence electrons. The summed E-state index contributed by atoms with van der Waals surface area (Å²) in [5, 5.41) is 4.91. The largest absolute Gasteiger partial charge is 0.278 e. The first-order valence-corrected chi connectivity index (χ1v) is 15.6.